The highest BCUT2D eigenvalue weighted by atomic mass is 32.1. The summed E-state index contributed by atoms with van der Waals surface area (Å²) in [6.45, 7) is 8.12. The zero-order valence-electron chi connectivity index (χ0n) is 14.3. The van der Waals surface area contributed by atoms with Gasteiger partial charge in [0.1, 0.15) is 17.2 Å². The maximum atomic E-state index is 12.3. The Balaban J connectivity index is 1.61. The number of aryl methyl sites for hydroxylation is 2. The molecule has 1 aliphatic heterocycles. The van der Waals surface area contributed by atoms with Gasteiger partial charge in [-0.3, -0.25) is 20.4 Å². The quantitative estimate of drug-likeness (QED) is 0.803. The maximum absolute atomic E-state index is 12.3. The van der Waals surface area contributed by atoms with E-state index in [2.05, 4.69) is 20.7 Å². The van der Waals surface area contributed by atoms with Crippen LogP contribution in [0.5, 0.6) is 0 Å². The van der Waals surface area contributed by atoms with Crippen molar-refractivity contribution >= 4 is 28.3 Å². The van der Waals surface area contributed by atoms with Gasteiger partial charge in [0, 0.05) is 24.0 Å². The molecule has 0 saturated carbocycles. The van der Waals surface area contributed by atoms with Gasteiger partial charge >= 0.3 is 0 Å². The molecule has 3 rings (SSSR count). The van der Waals surface area contributed by atoms with E-state index in [-0.39, 0.29) is 5.69 Å². The molecule has 3 heterocycles. The second-order valence-electron chi connectivity index (χ2n) is 5.74. The van der Waals surface area contributed by atoms with E-state index in [4.69, 9.17) is 9.15 Å². The van der Waals surface area contributed by atoms with Gasteiger partial charge in [0.2, 0.25) is 0 Å². The normalized spacial score (nSPS) is 14.4. The fourth-order valence-electron chi connectivity index (χ4n) is 2.64. The zero-order chi connectivity index (χ0) is 18.0. The summed E-state index contributed by atoms with van der Waals surface area (Å²) in [6, 6.07) is 0. The number of morpholine rings is 1. The first kappa shape index (κ1) is 17.4. The van der Waals surface area contributed by atoms with E-state index in [1.807, 2.05) is 0 Å². The van der Waals surface area contributed by atoms with Crippen molar-refractivity contribution in [1.29, 1.82) is 0 Å². The number of aromatic nitrogens is 1. The monoisotopic (exact) mass is 364 g/mol. The predicted molar refractivity (Wildman–Crippen MR) is 93.0 cm³/mol. The van der Waals surface area contributed by atoms with Crippen LogP contribution in [0.2, 0.25) is 0 Å². The van der Waals surface area contributed by atoms with E-state index < -0.39 is 11.8 Å². The molecule has 1 aliphatic rings. The van der Waals surface area contributed by atoms with Crippen LogP contribution < -0.4 is 15.8 Å². The average molecular weight is 364 g/mol. The summed E-state index contributed by atoms with van der Waals surface area (Å²) in [4.78, 5) is 30.9. The van der Waals surface area contributed by atoms with Gasteiger partial charge in [-0.2, -0.15) is 0 Å². The number of thiazole rings is 1. The van der Waals surface area contributed by atoms with Crippen LogP contribution >= 0.6 is 11.3 Å². The molecule has 9 heteroatoms. The van der Waals surface area contributed by atoms with Gasteiger partial charge < -0.3 is 14.1 Å². The fraction of sp³-hybridized carbons (Fsp3) is 0.438. The fourth-order valence-corrected chi connectivity index (χ4v) is 3.50. The lowest BCUT2D eigenvalue weighted by Crippen LogP contribution is -2.42. The minimum absolute atomic E-state index is 0.267. The molecule has 2 aromatic heterocycles. The number of nitrogens with one attached hydrogen (secondary N) is 2. The number of nitrogens with zero attached hydrogens (tertiary/aromatic N) is 2. The molecule has 0 bridgehead atoms. The van der Waals surface area contributed by atoms with Gasteiger partial charge in [-0.1, -0.05) is 0 Å². The predicted octanol–water partition coefficient (Wildman–Crippen LogP) is 1.57. The number of hydrogen-bond donors (Lipinski definition) is 2. The standard InChI is InChI=1S/C16H20N4O4S/c1-9-10(2)24-11(3)13(9)15(22)19-18-14(21)12-8-25-16(17-12)20-4-6-23-7-5-20/h8H,4-7H2,1-3H3,(H,18,21)(H,19,22). The molecule has 2 aromatic rings. The van der Waals surface area contributed by atoms with Crippen LogP contribution in [-0.2, 0) is 4.74 Å². The van der Waals surface area contributed by atoms with Crippen LogP contribution in [0.25, 0.3) is 0 Å². The SMILES string of the molecule is Cc1oc(C)c(C(=O)NNC(=O)c2csc(N3CCOCC3)n2)c1C. The first-order chi connectivity index (χ1) is 12.0. The lowest BCUT2D eigenvalue weighted by atomic mass is 10.1. The summed E-state index contributed by atoms with van der Waals surface area (Å²) < 4.78 is 10.7. The van der Waals surface area contributed by atoms with Gasteiger partial charge in [0.25, 0.3) is 11.8 Å². The molecule has 0 aliphatic carbocycles. The summed E-state index contributed by atoms with van der Waals surface area (Å²) in [5.74, 6) is 0.331. The molecule has 0 unspecified atom stereocenters. The third-order valence-electron chi connectivity index (χ3n) is 4.08. The van der Waals surface area contributed by atoms with Crippen molar-refractivity contribution in [3.63, 3.8) is 0 Å². The van der Waals surface area contributed by atoms with Gasteiger partial charge in [-0.25, -0.2) is 4.98 Å². The average Bonchev–Trinajstić information content (AvgIpc) is 3.19. The Hall–Kier alpha value is -2.39. The lowest BCUT2D eigenvalue weighted by molar-refractivity contribution is 0.0843. The Kier molecular flexibility index (Phi) is 5.05. The number of amides is 2. The van der Waals surface area contributed by atoms with E-state index in [1.165, 1.54) is 11.3 Å². The summed E-state index contributed by atoms with van der Waals surface area (Å²) in [7, 11) is 0. The maximum Gasteiger partial charge on any atom is 0.289 e. The second-order valence-corrected chi connectivity index (χ2v) is 6.57. The van der Waals surface area contributed by atoms with Crippen LogP contribution in [0.3, 0.4) is 0 Å². The van der Waals surface area contributed by atoms with Crippen molar-refractivity contribution in [2.75, 3.05) is 31.2 Å². The van der Waals surface area contributed by atoms with Crippen LogP contribution in [0.15, 0.2) is 9.80 Å². The summed E-state index contributed by atoms with van der Waals surface area (Å²) in [6.07, 6.45) is 0. The molecular weight excluding hydrogens is 344 g/mol. The molecule has 25 heavy (non-hydrogen) atoms. The molecule has 0 atom stereocenters. The number of hydrogen-bond acceptors (Lipinski definition) is 7. The molecule has 1 saturated heterocycles. The van der Waals surface area contributed by atoms with Gasteiger partial charge in [-0.05, 0) is 20.8 Å². The zero-order valence-corrected chi connectivity index (χ0v) is 15.2. The van der Waals surface area contributed by atoms with Crippen LogP contribution in [0.1, 0.15) is 37.9 Å². The van der Waals surface area contributed by atoms with E-state index in [0.29, 0.717) is 30.3 Å². The summed E-state index contributed by atoms with van der Waals surface area (Å²) in [5, 5.41) is 2.45. The molecular formula is C16H20N4O4S. The van der Waals surface area contributed by atoms with Crippen molar-refractivity contribution in [3.05, 3.63) is 33.7 Å². The first-order valence-electron chi connectivity index (χ1n) is 7.93. The van der Waals surface area contributed by atoms with Gasteiger partial charge in [0.05, 0.1) is 18.8 Å². The van der Waals surface area contributed by atoms with Crippen molar-refractivity contribution in [2.24, 2.45) is 0 Å². The molecule has 2 amide bonds. The van der Waals surface area contributed by atoms with E-state index in [0.717, 1.165) is 23.8 Å². The Bertz CT molecular complexity index is 792. The minimum Gasteiger partial charge on any atom is -0.466 e. The minimum atomic E-state index is -0.459. The highest BCUT2D eigenvalue weighted by Crippen LogP contribution is 2.22. The third kappa shape index (κ3) is 3.67. The topological polar surface area (TPSA) is 96.7 Å². The molecule has 0 radical (unpaired) electrons. The number of rotatable bonds is 3. The summed E-state index contributed by atoms with van der Waals surface area (Å²) in [5.41, 5.74) is 6.27. The molecule has 1 fully saturated rings. The Morgan fingerprint density at radius 2 is 1.80 bits per heavy atom. The lowest BCUT2D eigenvalue weighted by Gasteiger charge is -2.25. The van der Waals surface area contributed by atoms with E-state index >= 15 is 0 Å². The number of anilines is 1. The molecule has 2 N–H and O–H groups in total. The Morgan fingerprint density at radius 3 is 2.44 bits per heavy atom. The Labute approximate surface area is 149 Å². The van der Waals surface area contributed by atoms with Crippen molar-refractivity contribution in [3.8, 4) is 0 Å². The van der Waals surface area contributed by atoms with Crippen molar-refractivity contribution in [1.82, 2.24) is 15.8 Å². The molecule has 8 nitrogen and oxygen atoms in total. The van der Waals surface area contributed by atoms with Crippen LogP contribution in [-0.4, -0.2) is 43.1 Å². The highest BCUT2D eigenvalue weighted by Gasteiger charge is 2.21. The van der Waals surface area contributed by atoms with Crippen molar-refractivity contribution in [2.45, 2.75) is 20.8 Å². The number of hydrazine groups is 1. The van der Waals surface area contributed by atoms with Crippen LogP contribution in [0, 0.1) is 20.8 Å². The van der Waals surface area contributed by atoms with Crippen molar-refractivity contribution < 1.29 is 18.7 Å². The first-order valence-corrected chi connectivity index (χ1v) is 8.81. The number of furan rings is 1. The number of ether oxygens (including phenoxy) is 1. The largest absolute Gasteiger partial charge is 0.466 e. The number of carbonyl (C=O) groups is 2. The second kappa shape index (κ2) is 7.24. The van der Waals surface area contributed by atoms with E-state index in [9.17, 15) is 9.59 Å². The van der Waals surface area contributed by atoms with Crippen LogP contribution in [0.4, 0.5) is 5.13 Å². The van der Waals surface area contributed by atoms with Gasteiger partial charge in [0.15, 0.2) is 5.13 Å². The molecule has 134 valence electrons. The Morgan fingerprint density at radius 1 is 1.12 bits per heavy atom. The molecule has 0 aromatic carbocycles. The van der Waals surface area contributed by atoms with Gasteiger partial charge in [-0.15, -0.1) is 11.3 Å². The smallest absolute Gasteiger partial charge is 0.289 e. The third-order valence-corrected chi connectivity index (χ3v) is 4.99. The highest BCUT2D eigenvalue weighted by molar-refractivity contribution is 7.13. The summed E-state index contributed by atoms with van der Waals surface area (Å²) >= 11 is 1.39. The van der Waals surface area contributed by atoms with E-state index in [1.54, 1.807) is 26.2 Å². The number of carbonyl (C=O) groups excluding carboxylic acids is 2. The molecule has 0 spiro atoms.